The highest BCUT2D eigenvalue weighted by molar-refractivity contribution is 14.1. The van der Waals surface area contributed by atoms with Crippen LogP contribution in [0.25, 0.3) is 0 Å². The standard InChI is InChI=1S/C7H11IO/c8-6-7(9)4-2-1-3-5-7/h2,4,9H,1,3,5-6H2. The Morgan fingerprint density at radius 2 is 2.44 bits per heavy atom. The molecule has 1 rings (SSSR count). The van der Waals surface area contributed by atoms with Crippen molar-refractivity contribution in [3.05, 3.63) is 12.2 Å². The van der Waals surface area contributed by atoms with Gasteiger partial charge in [0.2, 0.25) is 0 Å². The Morgan fingerprint density at radius 3 is 2.78 bits per heavy atom. The number of hydrogen-bond acceptors (Lipinski definition) is 1. The molecule has 0 bridgehead atoms. The lowest BCUT2D eigenvalue weighted by molar-refractivity contribution is 0.103. The number of halogens is 1. The van der Waals surface area contributed by atoms with Gasteiger partial charge in [-0.05, 0) is 19.3 Å². The monoisotopic (exact) mass is 238 g/mol. The molecule has 0 spiro atoms. The first kappa shape index (κ1) is 7.54. The fourth-order valence-electron chi connectivity index (χ4n) is 1.02. The van der Waals surface area contributed by atoms with Crippen molar-refractivity contribution < 1.29 is 5.11 Å². The minimum absolute atomic E-state index is 0.473. The van der Waals surface area contributed by atoms with Crippen LogP contribution in [0.4, 0.5) is 0 Å². The summed E-state index contributed by atoms with van der Waals surface area (Å²) < 4.78 is 0.821. The van der Waals surface area contributed by atoms with Crippen molar-refractivity contribution in [1.29, 1.82) is 0 Å². The van der Waals surface area contributed by atoms with Crippen LogP contribution in [0.2, 0.25) is 0 Å². The van der Waals surface area contributed by atoms with Gasteiger partial charge in [0.15, 0.2) is 0 Å². The van der Waals surface area contributed by atoms with Gasteiger partial charge in [-0.2, -0.15) is 0 Å². The minimum atomic E-state index is -0.473. The van der Waals surface area contributed by atoms with Crippen LogP contribution in [0.5, 0.6) is 0 Å². The van der Waals surface area contributed by atoms with Crippen LogP contribution in [0, 0.1) is 0 Å². The maximum Gasteiger partial charge on any atom is 0.0916 e. The first-order valence-corrected chi connectivity index (χ1v) is 4.75. The van der Waals surface area contributed by atoms with E-state index in [1.807, 2.05) is 6.08 Å². The first-order valence-electron chi connectivity index (χ1n) is 3.23. The molecule has 52 valence electrons. The summed E-state index contributed by atoms with van der Waals surface area (Å²) in [6, 6.07) is 0. The van der Waals surface area contributed by atoms with Gasteiger partial charge in [-0.3, -0.25) is 0 Å². The van der Waals surface area contributed by atoms with Crippen molar-refractivity contribution in [1.82, 2.24) is 0 Å². The molecular formula is C7H11IO. The van der Waals surface area contributed by atoms with Crippen LogP contribution in [-0.4, -0.2) is 15.1 Å². The molecule has 2 heteroatoms. The number of rotatable bonds is 1. The molecule has 0 radical (unpaired) electrons. The second kappa shape index (κ2) is 3.01. The summed E-state index contributed by atoms with van der Waals surface area (Å²) in [5.41, 5.74) is -0.473. The van der Waals surface area contributed by atoms with Crippen LogP contribution >= 0.6 is 22.6 Å². The SMILES string of the molecule is OC1(CI)C=CCCC1. The fraction of sp³-hybridized carbons (Fsp3) is 0.714. The summed E-state index contributed by atoms with van der Waals surface area (Å²) in [5.74, 6) is 0. The Kier molecular flexibility index (Phi) is 2.52. The molecular weight excluding hydrogens is 227 g/mol. The van der Waals surface area contributed by atoms with Gasteiger partial charge in [-0.15, -0.1) is 0 Å². The maximum absolute atomic E-state index is 9.59. The summed E-state index contributed by atoms with van der Waals surface area (Å²) in [5, 5.41) is 9.59. The third-order valence-electron chi connectivity index (χ3n) is 1.64. The molecule has 0 aromatic carbocycles. The Morgan fingerprint density at radius 1 is 1.67 bits per heavy atom. The van der Waals surface area contributed by atoms with Crippen LogP contribution in [0.1, 0.15) is 19.3 Å². The third kappa shape index (κ3) is 1.93. The molecule has 1 aliphatic rings. The second-order valence-electron chi connectivity index (χ2n) is 2.53. The summed E-state index contributed by atoms with van der Waals surface area (Å²) in [4.78, 5) is 0. The molecule has 1 aliphatic carbocycles. The van der Waals surface area contributed by atoms with Gasteiger partial charge in [-0.25, -0.2) is 0 Å². The van der Waals surface area contributed by atoms with Gasteiger partial charge in [0, 0.05) is 4.43 Å². The Hall–Kier alpha value is 0.430. The number of hydrogen-bond donors (Lipinski definition) is 1. The summed E-state index contributed by atoms with van der Waals surface area (Å²) >= 11 is 2.22. The molecule has 1 N–H and O–H groups in total. The smallest absolute Gasteiger partial charge is 0.0916 e. The normalized spacial score (nSPS) is 34.9. The van der Waals surface area contributed by atoms with Gasteiger partial charge in [-0.1, -0.05) is 34.7 Å². The molecule has 0 heterocycles. The Balaban J connectivity index is 2.56. The van der Waals surface area contributed by atoms with Gasteiger partial charge < -0.3 is 5.11 Å². The second-order valence-corrected chi connectivity index (χ2v) is 3.29. The van der Waals surface area contributed by atoms with Gasteiger partial charge >= 0.3 is 0 Å². The van der Waals surface area contributed by atoms with Crippen molar-refractivity contribution >= 4 is 22.6 Å². The molecule has 1 unspecified atom stereocenters. The van der Waals surface area contributed by atoms with E-state index >= 15 is 0 Å². The van der Waals surface area contributed by atoms with Gasteiger partial charge in [0.05, 0.1) is 5.60 Å². The van der Waals surface area contributed by atoms with E-state index in [4.69, 9.17) is 0 Å². The Labute approximate surface area is 69.3 Å². The molecule has 0 aromatic heterocycles. The van der Waals surface area contributed by atoms with Crippen LogP contribution in [0.15, 0.2) is 12.2 Å². The lowest BCUT2D eigenvalue weighted by Crippen LogP contribution is -2.29. The Bertz CT molecular complexity index is 122. The molecule has 1 atom stereocenters. The number of allylic oxidation sites excluding steroid dienone is 1. The molecule has 0 saturated carbocycles. The van der Waals surface area contributed by atoms with Crippen LogP contribution in [0.3, 0.4) is 0 Å². The van der Waals surface area contributed by atoms with Crippen molar-refractivity contribution in [2.24, 2.45) is 0 Å². The van der Waals surface area contributed by atoms with Crippen LogP contribution in [-0.2, 0) is 0 Å². The molecule has 0 amide bonds. The summed E-state index contributed by atoms with van der Waals surface area (Å²) in [6.07, 6.45) is 7.21. The summed E-state index contributed by atoms with van der Waals surface area (Å²) in [7, 11) is 0. The zero-order chi connectivity index (χ0) is 6.74. The van der Waals surface area contributed by atoms with E-state index in [2.05, 4.69) is 28.7 Å². The van der Waals surface area contributed by atoms with Crippen molar-refractivity contribution in [3.63, 3.8) is 0 Å². The van der Waals surface area contributed by atoms with Crippen molar-refractivity contribution in [3.8, 4) is 0 Å². The number of aliphatic hydroxyl groups is 1. The molecule has 0 aliphatic heterocycles. The summed E-state index contributed by atoms with van der Waals surface area (Å²) in [6.45, 7) is 0. The minimum Gasteiger partial charge on any atom is -0.385 e. The maximum atomic E-state index is 9.59. The zero-order valence-electron chi connectivity index (χ0n) is 5.31. The van der Waals surface area contributed by atoms with E-state index in [-0.39, 0.29) is 0 Å². The lowest BCUT2D eigenvalue weighted by Gasteiger charge is -2.24. The zero-order valence-corrected chi connectivity index (χ0v) is 7.47. The topological polar surface area (TPSA) is 20.2 Å². The highest BCUT2D eigenvalue weighted by atomic mass is 127. The third-order valence-corrected chi connectivity index (χ3v) is 2.96. The molecule has 0 fully saturated rings. The van der Waals surface area contributed by atoms with E-state index in [9.17, 15) is 5.11 Å². The molecule has 0 saturated heterocycles. The highest BCUT2D eigenvalue weighted by Crippen LogP contribution is 2.23. The largest absolute Gasteiger partial charge is 0.385 e. The van der Waals surface area contributed by atoms with E-state index in [1.54, 1.807) is 0 Å². The number of alkyl halides is 1. The van der Waals surface area contributed by atoms with E-state index in [1.165, 1.54) is 0 Å². The van der Waals surface area contributed by atoms with Crippen molar-refractivity contribution in [2.75, 3.05) is 4.43 Å². The molecule has 9 heavy (non-hydrogen) atoms. The predicted molar refractivity (Wildman–Crippen MR) is 46.8 cm³/mol. The van der Waals surface area contributed by atoms with Gasteiger partial charge in [0.25, 0.3) is 0 Å². The van der Waals surface area contributed by atoms with Crippen molar-refractivity contribution in [2.45, 2.75) is 24.9 Å². The van der Waals surface area contributed by atoms with Gasteiger partial charge in [0.1, 0.15) is 0 Å². The highest BCUT2D eigenvalue weighted by Gasteiger charge is 2.22. The predicted octanol–water partition coefficient (Wildman–Crippen LogP) is 1.89. The molecule has 1 nitrogen and oxygen atoms in total. The lowest BCUT2D eigenvalue weighted by atomic mass is 9.93. The fourth-order valence-corrected chi connectivity index (χ4v) is 1.66. The van der Waals surface area contributed by atoms with Crippen LogP contribution < -0.4 is 0 Å². The first-order chi connectivity index (χ1) is 4.27. The average molecular weight is 238 g/mol. The molecule has 0 aromatic rings. The van der Waals surface area contributed by atoms with E-state index in [0.717, 1.165) is 23.7 Å². The van der Waals surface area contributed by atoms with E-state index in [0.29, 0.717) is 0 Å². The van der Waals surface area contributed by atoms with E-state index < -0.39 is 5.60 Å². The average Bonchev–Trinajstić information content (AvgIpc) is 1.90. The quantitative estimate of drug-likeness (QED) is 0.420.